The number of hydrogen-bond acceptors (Lipinski definition) is 3. The molecule has 98 valence electrons. The Bertz CT molecular complexity index is 414. The Morgan fingerprint density at radius 3 is 2.44 bits per heavy atom. The third-order valence-electron chi connectivity index (χ3n) is 3.12. The molecule has 0 radical (unpaired) electrons. The van der Waals surface area contributed by atoms with Crippen molar-refractivity contribution in [2.75, 3.05) is 20.2 Å². The first-order chi connectivity index (χ1) is 8.70. The third kappa shape index (κ3) is 2.85. The third-order valence-corrected chi connectivity index (χ3v) is 3.12. The molecular weight excluding hydrogens is 232 g/mol. The van der Waals surface area contributed by atoms with Crippen LogP contribution in [0.3, 0.4) is 0 Å². The molecule has 1 heterocycles. The zero-order valence-electron chi connectivity index (χ0n) is 10.5. The number of hydrogen-bond donors (Lipinski definition) is 1. The minimum Gasteiger partial charge on any atom is -0.493 e. The summed E-state index contributed by atoms with van der Waals surface area (Å²) in [5.74, 6) is 1.48. The van der Waals surface area contributed by atoms with E-state index < -0.39 is 0 Å². The molecule has 0 aromatic heterocycles. The number of benzene rings is 1. The van der Waals surface area contributed by atoms with Crippen molar-refractivity contribution < 1.29 is 14.3 Å². The van der Waals surface area contributed by atoms with Gasteiger partial charge in [-0.2, -0.15) is 0 Å². The molecule has 1 aliphatic rings. The Hall–Kier alpha value is -1.91. The molecule has 0 unspecified atom stereocenters. The van der Waals surface area contributed by atoms with E-state index in [-0.39, 0.29) is 12.1 Å². The van der Waals surface area contributed by atoms with Crippen molar-refractivity contribution in [1.82, 2.24) is 4.90 Å². The number of carbonyl (C=O) groups is 1. The zero-order chi connectivity index (χ0) is 13.0. The van der Waals surface area contributed by atoms with Crippen LogP contribution in [0.4, 0.5) is 4.79 Å². The molecule has 2 amide bonds. The Morgan fingerprint density at radius 1 is 1.28 bits per heavy atom. The summed E-state index contributed by atoms with van der Waals surface area (Å²) in [4.78, 5) is 12.6. The number of nitrogens with zero attached hydrogens (tertiary/aromatic N) is 1. The van der Waals surface area contributed by atoms with Crippen LogP contribution in [-0.2, 0) is 0 Å². The van der Waals surface area contributed by atoms with E-state index in [1.54, 1.807) is 12.0 Å². The minimum absolute atomic E-state index is 0.108. The van der Waals surface area contributed by atoms with Gasteiger partial charge in [-0.15, -0.1) is 0 Å². The van der Waals surface area contributed by atoms with Gasteiger partial charge in [-0.25, -0.2) is 4.79 Å². The van der Waals surface area contributed by atoms with Gasteiger partial charge in [0.2, 0.25) is 0 Å². The van der Waals surface area contributed by atoms with E-state index in [2.05, 4.69) is 0 Å². The highest BCUT2D eigenvalue weighted by atomic mass is 16.5. The number of primary amides is 1. The van der Waals surface area contributed by atoms with Crippen LogP contribution in [0.5, 0.6) is 11.5 Å². The molecule has 0 bridgehead atoms. The molecule has 18 heavy (non-hydrogen) atoms. The van der Waals surface area contributed by atoms with Gasteiger partial charge in [-0.3, -0.25) is 0 Å². The molecule has 1 aromatic carbocycles. The monoisotopic (exact) mass is 250 g/mol. The van der Waals surface area contributed by atoms with Gasteiger partial charge in [0.25, 0.3) is 0 Å². The zero-order valence-corrected chi connectivity index (χ0v) is 10.5. The first kappa shape index (κ1) is 12.5. The van der Waals surface area contributed by atoms with Crippen molar-refractivity contribution >= 4 is 6.03 Å². The lowest BCUT2D eigenvalue weighted by atomic mass is 10.1. The van der Waals surface area contributed by atoms with Crippen LogP contribution in [0.25, 0.3) is 0 Å². The van der Waals surface area contributed by atoms with Crippen LogP contribution in [0, 0.1) is 0 Å². The molecule has 1 aliphatic heterocycles. The quantitative estimate of drug-likeness (QED) is 0.886. The SMILES string of the molecule is COc1ccccc1OC1CCN(C(N)=O)CC1. The lowest BCUT2D eigenvalue weighted by Gasteiger charge is -2.31. The van der Waals surface area contributed by atoms with Crippen molar-refractivity contribution in [3.05, 3.63) is 24.3 Å². The molecule has 5 nitrogen and oxygen atoms in total. The topological polar surface area (TPSA) is 64.8 Å². The standard InChI is InChI=1S/C13H18N2O3/c1-17-11-4-2-3-5-12(11)18-10-6-8-15(9-7-10)13(14)16/h2-5,10H,6-9H2,1H3,(H2,14,16). The van der Waals surface area contributed by atoms with Crippen molar-refractivity contribution in [3.63, 3.8) is 0 Å². The van der Waals surface area contributed by atoms with E-state index in [4.69, 9.17) is 15.2 Å². The van der Waals surface area contributed by atoms with E-state index in [0.29, 0.717) is 13.1 Å². The van der Waals surface area contributed by atoms with E-state index in [1.165, 1.54) is 0 Å². The number of rotatable bonds is 3. The first-order valence-electron chi connectivity index (χ1n) is 6.04. The van der Waals surface area contributed by atoms with Crippen molar-refractivity contribution in [2.45, 2.75) is 18.9 Å². The first-order valence-corrected chi connectivity index (χ1v) is 6.04. The van der Waals surface area contributed by atoms with Crippen LogP contribution in [0.2, 0.25) is 0 Å². The smallest absolute Gasteiger partial charge is 0.314 e. The number of amides is 2. The van der Waals surface area contributed by atoms with E-state index >= 15 is 0 Å². The number of nitrogens with two attached hydrogens (primary N) is 1. The van der Waals surface area contributed by atoms with Crippen molar-refractivity contribution in [1.29, 1.82) is 0 Å². The number of methoxy groups -OCH3 is 1. The van der Waals surface area contributed by atoms with Gasteiger partial charge in [-0.1, -0.05) is 12.1 Å². The summed E-state index contributed by atoms with van der Waals surface area (Å²) in [5, 5.41) is 0. The fourth-order valence-electron chi connectivity index (χ4n) is 2.09. The average Bonchev–Trinajstić information content (AvgIpc) is 2.40. The molecule has 0 saturated carbocycles. The fourth-order valence-corrected chi connectivity index (χ4v) is 2.09. The molecular formula is C13H18N2O3. The predicted molar refractivity (Wildman–Crippen MR) is 67.8 cm³/mol. The van der Waals surface area contributed by atoms with Crippen LogP contribution in [0.1, 0.15) is 12.8 Å². The van der Waals surface area contributed by atoms with E-state index in [0.717, 1.165) is 24.3 Å². The second-order valence-corrected chi connectivity index (χ2v) is 4.29. The van der Waals surface area contributed by atoms with Gasteiger partial charge in [-0.05, 0) is 12.1 Å². The Labute approximate surface area is 106 Å². The number of para-hydroxylation sites is 2. The van der Waals surface area contributed by atoms with E-state index in [9.17, 15) is 4.79 Å². The molecule has 0 spiro atoms. The van der Waals surface area contributed by atoms with Gasteiger partial charge in [0.05, 0.1) is 7.11 Å². The fraction of sp³-hybridized carbons (Fsp3) is 0.462. The molecule has 1 aromatic rings. The average molecular weight is 250 g/mol. The summed E-state index contributed by atoms with van der Waals surface area (Å²) in [5.41, 5.74) is 5.24. The maximum absolute atomic E-state index is 11.0. The summed E-state index contributed by atoms with van der Waals surface area (Å²) in [6.07, 6.45) is 1.69. The van der Waals surface area contributed by atoms with Crippen LogP contribution < -0.4 is 15.2 Å². The van der Waals surface area contributed by atoms with Crippen LogP contribution >= 0.6 is 0 Å². The molecule has 1 fully saturated rings. The number of carbonyl (C=O) groups excluding carboxylic acids is 1. The van der Waals surface area contributed by atoms with E-state index in [1.807, 2.05) is 24.3 Å². The predicted octanol–water partition coefficient (Wildman–Crippen LogP) is 1.62. The molecule has 0 atom stereocenters. The Morgan fingerprint density at radius 2 is 1.89 bits per heavy atom. The maximum atomic E-state index is 11.0. The Balaban J connectivity index is 1.93. The summed E-state index contributed by atoms with van der Waals surface area (Å²) in [6, 6.07) is 7.22. The number of ether oxygens (including phenoxy) is 2. The molecule has 1 saturated heterocycles. The largest absolute Gasteiger partial charge is 0.493 e. The highest BCUT2D eigenvalue weighted by molar-refractivity contribution is 5.72. The van der Waals surface area contributed by atoms with Crippen LogP contribution in [-0.4, -0.2) is 37.2 Å². The van der Waals surface area contributed by atoms with Gasteiger partial charge in [0.15, 0.2) is 11.5 Å². The molecule has 2 N–H and O–H groups in total. The van der Waals surface area contributed by atoms with Gasteiger partial charge < -0.3 is 20.1 Å². The minimum atomic E-state index is -0.356. The lowest BCUT2D eigenvalue weighted by Crippen LogP contribution is -2.44. The van der Waals surface area contributed by atoms with Crippen LogP contribution in [0.15, 0.2) is 24.3 Å². The van der Waals surface area contributed by atoms with Crippen molar-refractivity contribution in [2.24, 2.45) is 5.73 Å². The number of piperidine rings is 1. The van der Waals surface area contributed by atoms with Gasteiger partial charge in [0.1, 0.15) is 6.10 Å². The highest BCUT2D eigenvalue weighted by Crippen LogP contribution is 2.28. The second kappa shape index (κ2) is 5.62. The van der Waals surface area contributed by atoms with Gasteiger partial charge in [0, 0.05) is 25.9 Å². The summed E-state index contributed by atoms with van der Waals surface area (Å²) < 4.78 is 11.1. The van der Waals surface area contributed by atoms with Gasteiger partial charge >= 0.3 is 6.03 Å². The molecule has 0 aliphatic carbocycles. The Kier molecular flexibility index (Phi) is 3.92. The van der Waals surface area contributed by atoms with Crippen molar-refractivity contribution in [3.8, 4) is 11.5 Å². The maximum Gasteiger partial charge on any atom is 0.314 e. The number of likely N-dealkylation sites (tertiary alicyclic amines) is 1. The molecule has 5 heteroatoms. The molecule has 2 rings (SSSR count). The summed E-state index contributed by atoms with van der Waals surface area (Å²) in [7, 11) is 1.62. The summed E-state index contributed by atoms with van der Waals surface area (Å²) in [6.45, 7) is 1.30. The number of urea groups is 1. The highest BCUT2D eigenvalue weighted by Gasteiger charge is 2.23. The normalized spacial score (nSPS) is 16.4. The summed E-state index contributed by atoms with van der Waals surface area (Å²) >= 11 is 0. The lowest BCUT2D eigenvalue weighted by molar-refractivity contribution is 0.111. The second-order valence-electron chi connectivity index (χ2n) is 4.29.